The molecule has 0 spiro atoms. The molecule has 1 aromatic rings. The van der Waals surface area contributed by atoms with Gasteiger partial charge in [-0.05, 0) is 0 Å². The van der Waals surface area contributed by atoms with Crippen LogP contribution in [0.15, 0.2) is 11.1 Å². The number of hydrogen-bond donors (Lipinski definition) is 5. The summed E-state index contributed by atoms with van der Waals surface area (Å²) in [5.74, 6) is -0.382. The summed E-state index contributed by atoms with van der Waals surface area (Å²) in [5.41, 5.74) is 4.20. The van der Waals surface area contributed by atoms with Crippen LogP contribution in [0.4, 0.5) is 5.95 Å². The molecule has 6 N–H and O–H groups in total. The number of nitrogens with two attached hydrogens (primary N) is 1. The number of aromatic nitrogens is 3. The van der Waals surface area contributed by atoms with E-state index in [-0.39, 0.29) is 65.1 Å². The number of anilines is 1. The molecule has 2 heterocycles. The van der Waals surface area contributed by atoms with Gasteiger partial charge < -0.3 is 40.3 Å². The summed E-state index contributed by atoms with van der Waals surface area (Å²) in [6.45, 7) is -1.08. The SMILES string of the molecule is Nc1ncn([C@@H]2O[C@H](COP(=O)(O)OP(=O)([O-])OP(=O)([O-])O)C(O)[C@@H]2O)c(=O)n1.[Na+].[Na+]. The number of aliphatic hydroxyl groups is 2. The van der Waals surface area contributed by atoms with E-state index in [1.54, 1.807) is 0 Å². The largest absolute Gasteiger partial charge is 1.00 e. The standard InChI is InChI=1S/C8H15N4O14P3.2Na/c9-7-10-2-12(8(15)11-7)6-5(14)4(13)3(24-6)1-23-28(19,20)26-29(21,22)25-27(16,17)18;;/h2-6,13-14H,1H2,(H,19,20)(H,21,22)(H2,9,11,15)(H2,16,17,18);;/q;2*+1/p-2/t3-,4?,5+,6-;;/m1../s1. The Labute approximate surface area is 216 Å². The zero-order valence-electron chi connectivity index (χ0n) is 15.7. The first kappa shape index (κ1) is 31.9. The molecule has 2 rings (SSSR count). The van der Waals surface area contributed by atoms with Gasteiger partial charge in [0.25, 0.3) is 15.6 Å². The molecular formula is C8H13N4Na2O14P3. The van der Waals surface area contributed by atoms with Crippen molar-refractivity contribution in [3.05, 3.63) is 16.8 Å². The second-order valence-corrected chi connectivity index (χ2v) is 9.63. The molecule has 0 amide bonds. The van der Waals surface area contributed by atoms with Crippen LogP contribution in [0.5, 0.6) is 0 Å². The third-order valence-corrected chi connectivity index (χ3v) is 6.89. The maximum absolute atomic E-state index is 11.7. The number of phosphoric ester groups is 1. The van der Waals surface area contributed by atoms with E-state index in [0.717, 1.165) is 6.33 Å². The average molecular weight is 528 g/mol. The Morgan fingerprint density at radius 2 is 1.74 bits per heavy atom. The fraction of sp³-hybridized carbons (Fsp3) is 0.625. The predicted octanol–water partition coefficient (Wildman–Crippen LogP) is -10.1. The summed E-state index contributed by atoms with van der Waals surface area (Å²) in [4.78, 5) is 57.6. The summed E-state index contributed by atoms with van der Waals surface area (Å²) < 4.78 is 49.7. The summed E-state index contributed by atoms with van der Waals surface area (Å²) in [6, 6.07) is 0. The second-order valence-electron chi connectivity index (χ2n) is 5.29. The molecule has 31 heavy (non-hydrogen) atoms. The third kappa shape index (κ3) is 9.58. The molecule has 0 aromatic carbocycles. The van der Waals surface area contributed by atoms with Crippen LogP contribution in [0.1, 0.15) is 6.23 Å². The summed E-state index contributed by atoms with van der Waals surface area (Å²) in [5, 5.41) is 19.9. The van der Waals surface area contributed by atoms with E-state index in [0.29, 0.717) is 4.57 Å². The van der Waals surface area contributed by atoms with Gasteiger partial charge in [-0.25, -0.2) is 23.0 Å². The van der Waals surface area contributed by atoms with Gasteiger partial charge in [-0.2, -0.15) is 4.98 Å². The van der Waals surface area contributed by atoms with Gasteiger partial charge in [0.15, 0.2) is 6.23 Å². The van der Waals surface area contributed by atoms with E-state index in [9.17, 15) is 43.4 Å². The molecule has 1 saturated heterocycles. The zero-order chi connectivity index (χ0) is 22.2. The normalized spacial score (nSPS) is 29.0. The first-order chi connectivity index (χ1) is 13.1. The summed E-state index contributed by atoms with van der Waals surface area (Å²) in [6.07, 6.45) is -5.91. The second kappa shape index (κ2) is 12.0. The van der Waals surface area contributed by atoms with Crippen molar-refractivity contribution in [3.63, 3.8) is 0 Å². The molecule has 7 atom stereocenters. The number of hydrogen-bond acceptors (Lipinski definition) is 15. The van der Waals surface area contributed by atoms with Gasteiger partial charge in [0.1, 0.15) is 24.6 Å². The van der Waals surface area contributed by atoms with Crippen LogP contribution in [-0.2, 0) is 31.6 Å². The van der Waals surface area contributed by atoms with E-state index in [4.69, 9.17) is 15.4 Å². The van der Waals surface area contributed by atoms with Crippen molar-refractivity contribution in [2.45, 2.75) is 24.5 Å². The Bertz CT molecular complexity index is 958. The molecule has 166 valence electrons. The summed E-state index contributed by atoms with van der Waals surface area (Å²) in [7, 11) is -17.5. The van der Waals surface area contributed by atoms with Gasteiger partial charge in [-0.15, -0.1) is 0 Å². The number of phosphoric acid groups is 3. The van der Waals surface area contributed by atoms with Crippen LogP contribution in [0.25, 0.3) is 0 Å². The van der Waals surface area contributed by atoms with Crippen LogP contribution in [0, 0.1) is 0 Å². The van der Waals surface area contributed by atoms with Crippen molar-refractivity contribution >= 4 is 29.4 Å². The maximum Gasteiger partial charge on any atom is 1.00 e. The quantitative estimate of drug-likeness (QED) is 0.155. The number of rotatable bonds is 8. The van der Waals surface area contributed by atoms with Crippen molar-refractivity contribution in [1.29, 1.82) is 0 Å². The minimum Gasteiger partial charge on any atom is -0.756 e. The molecule has 1 aliphatic rings. The van der Waals surface area contributed by atoms with Gasteiger partial charge in [0.2, 0.25) is 5.95 Å². The molecule has 0 aliphatic carbocycles. The topological polar surface area (TPSA) is 289 Å². The van der Waals surface area contributed by atoms with Crippen LogP contribution in [0.2, 0.25) is 0 Å². The van der Waals surface area contributed by atoms with Crippen molar-refractivity contribution in [2.24, 2.45) is 0 Å². The molecular weight excluding hydrogens is 515 g/mol. The smallest absolute Gasteiger partial charge is 0.756 e. The molecule has 0 bridgehead atoms. The molecule has 0 radical (unpaired) electrons. The van der Waals surface area contributed by atoms with E-state index < -0.39 is 60.3 Å². The molecule has 23 heteroatoms. The van der Waals surface area contributed by atoms with Crippen molar-refractivity contribution in [2.75, 3.05) is 12.3 Å². The van der Waals surface area contributed by atoms with Crippen molar-refractivity contribution < 1.29 is 120 Å². The first-order valence-electron chi connectivity index (χ1n) is 7.07. The van der Waals surface area contributed by atoms with Crippen LogP contribution in [0.3, 0.4) is 0 Å². The fourth-order valence-corrected chi connectivity index (χ4v) is 5.02. The van der Waals surface area contributed by atoms with E-state index in [1.165, 1.54) is 0 Å². The van der Waals surface area contributed by atoms with Gasteiger partial charge in [0, 0.05) is 0 Å². The number of nitrogens with zero attached hydrogens (tertiary/aromatic N) is 3. The van der Waals surface area contributed by atoms with Gasteiger partial charge in [-0.1, -0.05) is 0 Å². The minimum atomic E-state index is -6.04. The fourth-order valence-electron chi connectivity index (χ4n) is 2.09. The van der Waals surface area contributed by atoms with Crippen molar-refractivity contribution in [1.82, 2.24) is 14.5 Å². The molecule has 1 fully saturated rings. The van der Waals surface area contributed by atoms with Gasteiger partial charge in [0.05, 0.1) is 6.61 Å². The van der Waals surface area contributed by atoms with Gasteiger partial charge in [-0.3, -0.25) is 18.2 Å². The Kier molecular flexibility index (Phi) is 12.4. The van der Waals surface area contributed by atoms with Crippen LogP contribution in [-0.4, -0.2) is 59.5 Å². The molecule has 1 aromatic heterocycles. The maximum atomic E-state index is 11.7. The van der Waals surface area contributed by atoms with E-state index in [2.05, 4.69) is 23.1 Å². The van der Waals surface area contributed by atoms with Gasteiger partial charge >= 0.3 is 72.6 Å². The average Bonchev–Trinajstić information content (AvgIpc) is 2.78. The number of aliphatic hydroxyl groups excluding tert-OH is 2. The number of ether oxygens (including phenoxy) is 1. The molecule has 18 nitrogen and oxygen atoms in total. The first-order valence-corrected chi connectivity index (χ1v) is 11.5. The van der Waals surface area contributed by atoms with Crippen LogP contribution < -0.4 is 80.3 Å². The number of nitrogen functional groups attached to an aromatic ring is 1. The Balaban J connectivity index is 0.00000450. The predicted molar refractivity (Wildman–Crippen MR) is 82.0 cm³/mol. The van der Waals surface area contributed by atoms with E-state index in [1.807, 2.05) is 0 Å². The summed E-state index contributed by atoms with van der Waals surface area (Å²) >= 11 is 0. The Morgan fingerprint density at radius 3 is 2.26 bits per heavy atom. The Morgan fingerprint density at radius 1 is 1.16 bits per heavy atom. The van der Waals surface area contributed by atoms with Crippen molar-refractivity contribution in [3.8, 4) is 0 Å². The third-order valence-electron chi connectivity index (χ3n) is 3.17. The monoisotopic (exact) mass is 528 g/mol. The molecule has 4 unspecified atom stereocenters. The molecule has 1 aliphatic heterocycles. The Hall–Kier alpha value is 0.900. The van der Waals surface area contributed by atoms with Crippen LogP contribution >= 0.6 is 23.5 Å². The van der Waals surface area contributed by atoms with E-state index >= 15 is 0 Å². The zero-order valence-corrected chi connectivity index (χ0v) is 22.4. The molecule has 0 saturated carbocycles. The minimum absolute atomic E-state index is 0.